The number of halogens is 1. The van der Waals surface area contributed by atoms with E-state index in [4.69, 9.17) is 12.2 Å². The third-order valence-corrected chi connectivity index (χ3v) is 7.78. The minimum atomic E-state index is -0.139. The van der Waals surface area contributed by atoms with Gasteiger partial charge in [0, 0.05) is 46.4 Å². The third kappa shape index (κ3) is 5.37. The number of hydrogen-bond donors (Lipinski definition) is 2. The van der Waals surface area contributed by atoms with Gasteiger partial charge in [0.05, 0.1) is 17.8 Å². The van der Waals surface area contributed by atoms with E-state index < -0.39 is 0 Å². The van der Waals surface area contributed by atoms with E-state index in [-0.39, 0.29) is 18.0 Å². The Bertz CT molecular complexity index is 1490. The van der Waals surface area contributed by atoms with Crippen molar-refractivity contribution in [1.82, 2.24) is 19.8 Å². The molecule has 1 aliphatic rings. The normalized spacial score (nSPS) is 16.9. The summed E-state index contributed by atoms with van der Waals surface area (Å²) < 4.78 is 3.29. The van der Waals surface area contributed by atoms with Crippen LogP contribution >= 0.6 is 28.1 Å². The summed E-state index contributed by atoms with van der Waals surface area (Å²) in [5, 5.41) is 7.15. The van der Waals surface area contributed by atoms with Crippen LogP contribution < -0.4 is 10.6 Å². The zero-order chi connectivity index (χ0) is 26.8. The number of hydrogen-bond acceptors (Lipinski definition) is 3. The van der Waals surface area contributed by atoms with Crippen LogP contribution in [-0.4, -0.2) is 32.0 Å². The molecule has 5 rings (SSSR count). The molecule has 8 heteroatoms. The summed E-state index contributed by atoms with van der Waals surface area (Å²) in [6.07, 6.45) is 2.12. The maximum absolute atomic E-state index is 12.9. The Labute approximate surface area is 237 Å². The van der Waals surface area contributed by atoms with Crippen LogP contribution in [0.15, 0.2) is 83.5 Å². The number of nitrogens with one attached hydrogen (secondary N) is 2. The Morgan fingerprint density at radius 3 is 2.61 bits per heavy atom. The van der Waals surface area contributed by atoms with E-state index in [0.29, 0.717) is 18.1 Å². The number of rotatable bonds is 7. The lowest BCUT2D eigenvalue weighted by molar-refractivity contribution is -0.116. The second kappa shape index (κ2) is 11.1. The third-order valence-electron chi connectivity index (χ3n) is 6.93. The number of aromatic nitrogens is 2. The fourth-order valence-corrected chi connectivity index (χ4v) is 5.97. The minimum absolute atomic E-state index is 0.0435. The van der Waals surface area contributed by atoms with Gasteiger partial charge in [-0.25, -0.2) is 0 Å². The SMILES string of the molecule is Cc1cccc(NC(=O)CCN2C(=S)N[C@H](c3ccccn3)[C@H]2c2cc(C)n(-c3cccc(Br)c3)c2C)c1. The van der Waals surface area contributed by atoms with E-state index in [1.54, 1.807) is 6.20 Å². The summed E-state index contributed by atoms with van der Waals surface area (Å²) in [5.41, 5.74) is 7.33. The molecular weight excluding hydrogens is 558 g/mol. The maximum atomic E-state index is 12.9. The highest BCUT2D eigenvalue weighted by molar-refractivity contribution is 9.10. The molecule has 6 nitrogen and oxygen atoms in total. The van der Waals surface area contributed by atoms with Gasteiger partial charge in [-0.15, -0.1) is 0 Å². The summed E-state index contributed by atoms with van der Waals surface area (Å²) >= 11 is 9.44. The molecule has 0 saturated carbocycles. The first-order valence-electron chi connectivity index (χ1n) is 12.6. The van der Waals surface area contributed by atoms with E-state index in [9.17, 15) is 4.79 Å². The van der Waals surface area contributed by atoms with Crippen LogP contribution in [0.25, 0.3) is 5.69 Å². The molecule has 1 fully saturated rings. The second-order valence-electron chi connectivity index (χ2n) is 9.63. The fraction of sp³-hybridized carbons (Fsp3) is 0.233. The van der Waals surface area contributed by atoms with Gasteiger partial charge in [-0.05, 0) is 92.6 Å². The fourth-order valence-electron chi connectivity index (χ4n) is 5.25. The number of carbonyl (C=O) groups excluding carboxylic acids is 1. The first-order chi connectivity index (χ1) is 18.3. The number of anilines is 1. The zero-order valence-corrected chi connectivity index (χ0v) is 24.0. The lowest BCUT2D eigenvalue weighted by atomic mass is 9.96. The predicted molar refractivity (Wildman–Crippen MR) is 160 cm³/mol. The van der Waals surface area contributed by atoms with Crippen molar-refractivity contribution in [1.29, 1.82) is 0 Å². The molecule has 3 heterocycles. The first-order valence-corrected chi connectivity index (χ1v) is 13.8. The Morgan fingerprint density at radius 2 is 1.87 bits per heavy atom. The monoisotopic (exact) mass is 587 g/mol. The summed E-state index contributed by atoms with van der Waals surface area (Å²) in [5.74, 6) is -0.0435. The van der Waals surface area contributed by atoms with Gasteiger partial charge in [0.15, 0.2) is 5.11 Å². The number of benzene rings is 2. The maximum Gasteiger partial charge on any atom is 0.226 e. The second-order valence-corrected chi connectivity index (χ2v) is 10.9. The highest BCUT2D eigenvalue weighted by atomic mass is 79.9. The average Bonchev–Trinajstić information content (AvgIpc) is 3.37. The predicted octanol–water partition coefficient (Wildman–Crippen LogP) is 6.56. The minimum Gasteiger partial charge on any atom is -0.352 e. The van der Waals surface area contributed by atoms with Gasteiger partial charge < -0.3 is 20.1 Å². The number of pyridine rings is 1. The van der Waals surface area contributed by atoms with Gasteiger partial charge in [0.1, 0.15) is 0 Å². The van der Waals surface area contributed by atoms with Crippen LogP contribution in [0, 0.1) is 20.8 Å². The lowest BCUT2D eigenvalue weighted by Crippen LogP contribution is -2.32. The number of carbonyl (C=O) groups is 1. The smallest absolute Gasteiger partial charge is 0.226 e. The van der Waals surface area contributed by atoms with E-state index in [0.717, 1.165) is 44.1 Å². The molecule has 38 heavy (non-hydrogen) atoms. The van der Waals surface area contributed by atoms with Crippen molar-refractivity contribution >= 4 is 44.9 Å². The number of nitrogens with zero attached hydrogens (tertiary/aromatic N) is 3. The number of amides is 1. The lowest BCUT2D eigenvalue weighted by Gasteiger charge is -2.28. The molecule has 2 atom stereocenters. The van der Waals surface area contributed by atoms with Gasteiger partial charge >= 0.3 is 0 Å². The van der Waals surface area contributed by atoms with Gasteiger partial charge in [-0.2, -0.15) is 0 Å². The van der Waals surface area contributed by atoms with Gasteiger partial charge in [0.2, 0.25) is 5.91 Å². The number of aryl methyl sites for hydroxylation is 2. The molecule has 0 aliphatic carbocycles. The molecule has 0 spiro atoms. The van der Waals surface area contributed by atoms with Crippen LogP contribution in [0.2, 0.25) is 0 Å². The van der Waals surface area contributed by atoms with Crippen molar-refractivity contribution < 1.29 is 4.79 Å². The van der Waals surface area contributed by atoms with Crippen molar-refractivity contribution in [2.45, 2.75) is 39.3 Å². The van der Waals surface area contributed by atoms with Crippen molar-refractivity contribution in [2.24, 2.45) is 0 Å². The molecule has 2 N–H and O–H groups in total. The van der Waals surface area contributed by atoms with Crippen molar-refractivity contribution in [2.75, 3.05) is 11.9 Å². The quantitative estimate of drug-likeness (QED) is 0.240. The van der Waals surface area contributed by atoms with E-state index in [1.807, 2.05) is 61.5 Å². The molecule has 1 saturated heterocycles. The van der Waals surface area contributed by atoms with Crippen LogP contribution in [-0.2, 0) is 4.79 Å². The average molecular weight is 589 g/mol. The number of thiocarbonyl (C=S) groups is 1. The highest BCUT2D eigenvalue weighted by Crippen LogP contribution is 2.41. The van der Waals surface area contributed by atoms with Crippen molar-refractivity contribution in [3.8, 4) is 5.69 Å². The van der Waals surface area contributed by atoms with Gasteiger partial charge in [0.25, 0.3) is 0 Å². The van der Waals surface area contributed by atoms with E-state index >= 15 is 0 Å². The van der Waals surface area contributed by atoms with Crippen LogP contribution in [0.5, 0.6) is 0 Å². The molecule has 0 radical (unpaired) electrons. The molecule has 4 aromatic rings. The molecule has 2 aromatic carbocycles. The molecule has 2 aromatic heterocycles. The topological polar surface area (TPSA) is 62.2 Å². The molecule has 194 valence electrons. The van der Waals surface area contributed by atoms with Crippen LogP contribution in [0.4, 0.5) is 5.69 Å². The standard InChI is InChI=1S/C30H30BrN5OS/c1-19-8-6-10-23(16-19)33-27(37)13-15-35-29(28(34-30(35)38)26-12-4-5-14-32-26)25-17-20(2)36(21(25)3)24-11-7-9-22(31)18-24/h4-12,14,16-18,28-29H,13,15H2,1-3H3,(H,33,37)(H,34,38)/t28-,29-/m1/s1. The van der Waals surface area contributed by atoms with Crippen LogP contribution in [0.1, 0.15) is 46.7 Å². The molecule has 1 amide bonds. The molecular formula is C30H30BrN5OS. The Kier molecular flexibility index (Phi) is 7.63. The summed E-state index contributed by atoms with van der Waals surface area (Å²) in [6, 6.07) is 24.0. The first kappa shape index (κ1) is 26.1. The Morgan fingerprint density at radius 1 is 1.05 bits per heavy atom. The Hall–Kier alpha value is -3.49. The largest absolute Gasteiger partial charge is 0.352 e. The summed E-state index contributed by atoms with van der Waals surface area (Å²) in [7, 11) is 0. The zero-order valence-electron chi connectivity index (χ0n) is 21.6. The van der Waals surface area contributed by atoms with E-state index in [1.165, 1.54) is 0 Å². The van der Waals surface area contributed by atoms with Crippen LogP contribution in [0.3, 0.4) is 0 Å². The van der Waals surface area contributed by atoms with Crippen molar-refractivity contribution in [3.05, 3.63) is 112 Å². The summed E-state index contributed by atoms with van der Waals surface area (Å²) in [4.78, 5) is 19.7. The highest BCUT2D eigenvalue weighted by Gasteiger charge is 2.41. The van der Waals surface area contributed by atoms with Crippen molar-refractivity contribution in [3.63, 3.8) is 0 Å². The Balaban J connectivity index is 1.47. The molecule has 0 bridgehead atoms. The van der Waals surface area contributed by atoms with Gasteiger partial charge in [-0.3, -0.25) is 9.78 Å². The van der Waals surface area contributed by atoms with E-state index in [2.05, 4.69) is 73.1 Å². The van der Waals surface area contributed by atoms with Gasteiger partial charge in [-0.1, -0.05) is 40.2 Å². The molecule has 0 unspecified atom stereocenters. The summed E-state index contributed by atoms with van der Waals surface area (Å²) in [6.45, 7) is 6.76. The molecule has 1 aliphatic heterocycles.